The van der Waals surface area contributed by atoms with Gasteiger partial charge in [-0.1, -0.05) is 0 Å². The van der Waals surface area contributed by atoms with Crippen molar-refractivity contribution in [2.75, 3.05) is 25.0 Å². The summed E-state index contributed by atoms with van der Waals surface area (Å²) in [5.41, 5.74) is 0.882. The standard InChI is InChI=1S/C13H19N5O/c1-10-7-12(17(2)16-10)15-13(19)9-18-5-3-11(8-14)4-6-18/h7,11H,3-6,9H2,1-2H3,(H,15,19). The van der Waals surface area contributed by atoms with Crippen LogP contribution in [0.3, 0.4) is 0 Å². The Labute approximate surface area is 113 Å². The molecular weight excluding hydrogens is 242 g/mol. The van der Waals surface area contributed by atoms with Gasteiger partial charge in [0.05, 0.1) is 18.3 Å². The van der Waals surface area contributed by atoms with Crippen LogP contribution in [0.15, 0.2) is 6.07 Å². The third-order valence-electron chi connectivity index (χ3n) is 3.41. The van der Waals surface area contributed by atoms with Gasteiger partial charge in [-0.25, -0.2) is 0 Å². The van der Waals surface area contributed by atoms with Crippen molar-refractivity contribution in [1.82, 2.24) is 14.7 Å². The van der Waals surface area contributed by atoms with E-state index in [0.717, 1.165) is 37.4 Å². The summed E-state index contributed by atoms with van der Waals surface area (Å²) in [5.74, 6) is 0.840. The number of carbonyl (C=O) groups is 1. The van der Waals surface area contributed by atoms with E-state index in [2.05, 4.69) is 21.4 Å². The fourth-order valence-corrected chi connectivity index (χ4v) is 2.33. The van der Waals surface area contributed by atoms with Crippen LogP contribution < -0.4 is 5.32 Å². The fourth-order valence-electron chi connectivity index (χ4n) is 2.33. The van der Waals surface area contributed by atoms with Crippen molar-refractivity contribution in [1.29, 1.82) is 5.26 Å². The van der Waals surface area contributed by atoms with E-state index < -0.39 is 0 Å². The van der Waals surface area contributed by atoms with Crippen molar-refractivity contribution in [3.05, 3.63) is 11.8 Å². The van der Waals surface area contributed by atoms with Crippen LogP contribution in [0.4, 0.5) is 5.82 Å². The summed E-state index contributed by atoms with van der Waals surface area (Å²) in [6, 6.07) is 4.14. The van der Waals surface area contributed by atoms with Crippen LogP contribution in [0.25, 0.3) is 0 Å². The second-order valence-corrected chi connectivity index (χ2v) is 5.02. The highest BCUT2D eigenvalue weighted by atomic mass is 16.2. The highest BCUT2D eigenvalue weighted by Crippen LogP contribution is 2.16. The van der Waals surface area contributed by atoms with E-state index in [1.165, 1.54) is 0 Å². The van der Waals surface area contributed by atoms with Crippen molar-refractivity contribution < 1.29 is 4.79 Å². The largest absolute Gasteiger partial charge is 0.310 e. The van der Waals surface area contributed by atoms with Crippen molar-refractivity contribution in [3.8, 4) is 6.07 Å². The van der Waals surface area contributed by atoms with Crippen LogP contribution in [0.2, 0.25) is 0 Å². The SMILES string of the molecule is Cc1cc(NC(=O)CN2CCC(C#N)CC2)n(C)n1. The van der Waals surface area contributed by atoms with E-state index in [4.69, 9.17) is 5.26 Å². The third kappa shape index (κ3) is 3.55. The van der Waals surface area contributed by atoms with Crippen molar-refractivity contribution in [2.24, 2.45) is 13.0 Å². The van der Waals surface area contributed by atoms with Crippen LogP contribution in [0.5, 0.6) is 0 Å². The second kappa shape index (κ2) is 5.85. The van der Waals surface area contributed by atoms with Crippen LogP contribution in [-0.2, 0) is 11.8 Å². The Morgan fingerprint density at radius 2 is 2.26 bits per heavy atom. The lowest BCUT2D eigenvalue weighted by atomic mass is 9.99. The number of amides is 1. The van der Waals surface area contributed by atoms with Gasteiger partial charge < -0.3 is 5.32 Å². The number of likely N-dealkylation sites (tertiary alicyclic amines) is 1. The Balaban J connectivity index is 1.82. The molecule has 19 heavy (non-hydrogen) atoms. The highest BCUT2D eigenvalue weighted by molar-refractivity contribution is 5.91. The van der Waals surface area contributed by atoms with Gasteiger partial charge in [-0.3, -0.25) is 14.4 Å². The Morgan fingerprint density at radius 1 is 1.58 bits per heavy atom. The molecule has 2 rings (SSSR count). The van der Waals surface area contributed by atoms with Gasteiger partial charge in [-0.15, -0.1) is 0 Å². The molecule has 0 radical (unpaired) electrons. The molecule has 102 valence electrons. The molecule has 6 nitrogen and oxygen atoms in total. The zero-order valence-electron chi connectivity index (χ0n) is 11.4. The average molecular weight is 261 g/mol. The lowest BCUT2D eigenvalue weighted by Gasteiger charge is -2.28. The molecule has 0 bridgehead atoms. The predicted octanol–water partition coefficient (Wildman–Crippen LogP) is 0.903. The molecule has 1 aromatic heterocycles. The number of hydrogen-bond acceptors (Lipinski definition) is 4. The van der Waals surface area contributed by atoms with Crippen molar-refractivity contribution >= 4 is 11.7 Å². The van der Waals surface area contributed by atoms with Crippen LogP contribution in [-0.4, -0.2) is 40.2 Å². The normalized spacial score (nSPS) is 17.1. The molecule has 1 aliphatic heterocycles. The minimum atomic E-state index is -0.0293. The Bertz CT molecular complexity index is 494. The second-order valence-electron chi connectivity index (χ2n) is 5.02. The zero-order chi connectivity index (χ0) is 13.8. The van der Waals surface area contributed by atoms with Gasteiger partial charge in [0.15, 0.2) is 0 Å². The van der Waals surface area contributed by atoms with Crippen molar-refractivity contribution in [2.45, 2.75) is 19.8 Å². The minimum Gasteiger partial charge on any atom is -0.310 e. The number of rotatable bonds is 3. The summed E-state index contributed by atoms with van der Waals surface area (Å²) in [6.07, 6.45) is 1.71. The van der Waals surface area contributed by atoms with E-state index in [-0.39, 0.29) is 11.8 Å². The molecule has 0 saturated carbocycles. The van der Waals surface area contributed by atoms with E-state index in [0.29, 0.717) is 6.54 Å². The highest BCUT2D eigenvalue weighted by Gasteiger charge is 2.20. The Morgan fingerprint density at radius 3 is 2.79 bits per heavy atom. The molecule has 6 heteroatoms. The molecule has 1 fully saturated rings. The van der Waals surface area contributed by atoms with Gasteiger partial charge >= 0.3 is 0 Å². The van der Waals surface area contributed by atoms with Gasteiger partial charge in [0.2, 0.25) is 5.91 Å². The molecule has 0 unspecified atom stereocenters. The number of carbonyl (C=O) groups excluding carboxylic acids is 1. The number of nitriles is 1. The van der Waals surface area contributed by atoms with E-state index in [1.807, 2.05) is 13.0 Å². The molecular formula is C13H19N5O. The van der Waals surface area contributed by atoms with E-state index in [1.54, 1.807) is 11.7 Å². The topological polar surface area (TPSA) is 74.0 Å². The first-order chi connectivity index (χ1) is 9.08. The molecule has 1 saturated heterocycles. The van der Waals surface area contributed by atoms with Gasteiger partial charge in [0.1, 0.15) is 5.82 Å². The third-order valence-corrected chi connectivity index (χ3v) is 3.41. The maximum Gasteiger partial charge on any atom is 0.239 e. The number of hydrogen-bond donors (Lipinski definition) is 1. The Hall–Kier alpha value is -1.87. The number of nitrogens with zero attached hydrogens (tertiary/aromatic N) is 4. The zero-order valence-corrected chi connectivity index (χ0v) is 11.4. The number of piperidine rings is 1. The molecule has 1 aromatic rings. The molecule has 1 amide bonds. The van der Waals surface area contributed by atoms with Crippen molar-refractivity contribution in [3.63, 3.8) is 0 Å². The minimum absolute atomic E-state index is 0.0293. The lowest BCUT2D eigenvalue weighted by Crippen LogP contribution is -2.39. The number of aromatic nitrogens is 2. The molecule has 0 aliphatic carbocycles. The fraction of sp³-hybridized carbons (Fsp3) is 0.615. The molecule has 1 aliphatic rings. The number of anilines is 1. The quantitative estimate of drug-likeness (QED) is 0.877. The number of aryl methyl sites for hydroxylation is 2. The average Bonchev–Trinajstić information content (AvgIpc) is 2.68. The summed E-state index contributed by atoms with van der Waals surface area (Å²) in [4.78, 5) is 14.0. The number of nitrogens with one attached hydrogen (secondary N) is 1. The summed E-state index contributed by atoms with van der Waals surface area (Å²) in [6.45, 7) is 3.90. The first-order valence-corrected chi connectivity index (χ1v) is 6.51. The van der Waals surface area contributed by atoms with Crippen LogP contribution in [0.1, 0.15) is 18.5 Å². The maximum absolute atomic E-state index is 11.9. The van der Waals surface area contributed by atoms with Crippen LogP contribution in [0, 0.1) is 24.2 Å². The molecule has 0 spiro atoms. The van der Waals surface area contributed by atoms with Gasteiger partial charge in [0.25, 0.3) is 0 Å². The molecule has 1 N–H and O–H groups in total. The van der Waals surface area contributed by atoms with E-state index in [9.17, 15) is 4.79 Å². The smallest absolute Gasteiger partial charge is 0.239 e. The van der Waals surface area contributed by atoms with Gasteiger partial charge in [0, 0.05) is 19.0 Å². The van der Waals surface area contributed by atoms with Crippen LogP contribution >= 0.6 is 0 Å². The lowest BCUT2D eigenvalue weighted by molar-refractivity contribution is -0.117. The summed E-state index contributed by atoms with van der Waals surface area (Å²) >= 11 is 0. The molecule has 2 heterocycles. The summed E-state index contributed by atoms with van der Waals surface area (Å²) in [7, 11) is 1.81. The monoisotopic (exact) mass is 261 g/mol. The Kier molecular flexibility index (Phi) is 4.17. The first-order valence-electron chi connectivity index (χ1n) is 6.51. The maximum atomic E-state index is 11.9. The summed E-state index contributed by atoms with van der Waals surface area (Å²) in [5, 5.41) is 15.9. The van der Waals surface area contributed by atoms with Gasteiger partial charge in [-0.05, 0) is 32.9 Å². The van der Waals surface area contributed by atoms with E-state index >= 15 is 0 Å². The molecule has 0 aromatic carbocycles. The summed E-state index contributed by atoms with van der Waals surface area (Å²) < 4.78 is 1.66. The predicted molar refractivity (Wildman–Crippen MR) is 71.4 cm³/mol. The van der Waals surface area contributed by atoms with Gasteiger partial charge in [-0.2, -0.15) is 10.4 Å². The first kappa shape index (κ1) is 13.6. The molecule has 0 atom stereocenters.